The Hall–Kier alpha value is -2.43. The van der Waals surface area contributed by atoms with Gasteiger partial charge < -0.3 is 10.2 Å². The highest BCUT2D eigenvalue weighted by Gasteiger charge is 2.16. The van der Waals surface area contributed by atoms with Crippen LogP contribution in [-0.2, 0) is 6.54 Å². The molecule has 2 rings (SSSR count). The normalized spacial score (nSPS) is 10.1. The van der Waals surface area contributed by atoms with E-state index < -0.39 is 0 Å². The van der Waals surface area contributed by atoms with Crippen molar-refractivity contribution in [3.8, 4) is 0 Å². The van der Waals surface area contributed by atoms with Crippen LogP contribution in [0.1, 0.15) is 23.0 Å². The van der Waals surface area contributed by atoms with Crippen LogP contribution in [0.3, 0.4) is 0 Å². The minimum Gasteiger partial charge on any atom is -0.385 e. The molecule has 1 N–H and O–H groups in total. The Kier molecular flexibility index (Phi) is 4.65. The van der Waals surface area contributed by atoms with E-state index >= 15 is 0 Å². The highest BCUT2D eigenvalue weighted by atomic mass is 16.2. The van der Waals surface area contributed by atoms with Gasteiger partial charge in [0.15, 0.2) is 0 Å². The maximum Gasteiger partial charge on any atom is 0.257 e. The van der Waals surface area contributed by atoms with Gasteiger partial charge in [-0.3, -0.25) is 14.8 Å². The highest BCUT2D eigenvalue weighted by Crippen LogP contribution is 2.16. The molecule has 0 aliphatic carbocycles. The first kappa shape index (κ1) is 14.0. The molecule has 0 atom stereocenters. The van der Waals surface area contributed by atoms with Gasteiger partial charge in [-0.2, -0.15) is 0 Å². The lowest BCUT2D eigenvalue weighted by Gasteiger charge is -2.18. The van der Waals surface area contributed by atoms with Gasteiger partial charge in [0.25, 0.3) is 5.91 Å². The molecule has 0 bridgehead atoms. The zero-order valence-electron chi connectivity index (χ0n) is 11.7. The fraction of sp³-hybridized carbons (Fsp3) is 0.267. The number of nitrogens with zero attached hydrogens (tertiary/aromatic N) is 3. The molecule has 0 fully saturated rings. The summed E-state index contributed by atoms with van der Waals surface area (Å²) in [7, 11) is 1.76. The van der Waals surface area contributed by atoms with E-state index in [4.69, 9.17) is 0 Å². The molecule has 1 amide bonds. The molecule has 2 aromatic rings. The van der Waals surface area contributed by atoms with Gasteiger partial charge in [0.05, 0.1) is 23.5 Å². The second-order valence-electron chi connectivity index (χ2n) is 4.43. The van der Waals surface area contributed by atoms with Gasteiger partial charge in [-0.1, -0.05) is 6.07 Å². The van der Waals surface area contributed by atoms with Crippen LogP contribution in [0.5, 0.6) is 0 Å². The first-order valence-corrected chi connectivity index (χ1v) is 6.55. The van der Waals surface area contributed by atoms with Gasteiger partial charge >= 0.3 is 0 Å². The van der Waals surface area contributed by atoms with Crippen molar-refractivity contribution in [3.63, 3.8) is 0 Å². The molecule has 5 nitrogen and oxygen atoms in total. The monoisotopic (exact) mass is 270 g/mol. The maximum atomic E-state index is 12.5. The molecule has 0 spiro atoms. The Bertz CT molecular complexity index is 571. The molecule has 0 radical (unpaired) electrons. The number of carbonyl (C=O) groups is 1. The Balaban J connectivity index is 2.14. The average molecular weight is 270 g/mol. The largest absolute Gasteiger partial charge is 0.385 e. The van der Waals surface area contributed by atoms with E-state index in [1.165, 1.54) is 0 Å². The predicted octanol–water partition coefficient (Wildman–Crippen LogP) is 2.18. The van der Waals surface area contributed by atoms with E-state index in [1.807, 2.05) is 31.2 Å². The van der Waals surface area contributed by atoms with Crippen LogP contribution in [0.4, 0.5) is 5.69 Å². The van der Waals surface area contributed by atoms with Crippen molar-refractivity contribution >= 4 is 11.6 Å². The van der Waals surface area contributed by atoms with Crippen molar-refractivity contribution in [1.82, 2.24) is 14.9 Å². The highest BCUT2D eigenvalue weighted by molar-refractivity contribution is 5.99. The first-order valence-electron chi connectivity index (χ1n) is 6.55. The molecule has 0 unspecified atom stereocenters. The Morgan fingerprint density at radius 1 is 1.30 bits per heavy atom. The van der Waals surface area contributed by atoms with Gasteiger partial charge in [-0.15, -0.1) is 0 Å². The number of aromatic nitrogens is 2. The van der Waals surface area contributed by atoms with Crippen molar-refractivity contribution in [1.29, 1.82) is 0 Å². The molecule has 0 saturated carbocycles. The summed E-state index contributed by atoms with van der Waals surface area (Å²) >= 11 is 0. The molecule has 2 heterocycles. The lowest BCUT2D eigenvalue weighted by atomic mass is 10.2. The Morgan fingerprint density at radius 2 is 2.15 bits per heavy atom. The zero-order valence-corrected chi connectivity index (χ0v) is 11.7. The van der Waals surface area contributed by atoms with E-state index in [2.05, 4.69) is 15.3 Å². The second kappa shape index (κ2) is 6.65. The van der Waals surface area contributed by atoms with E-state index in [9.17, 15) is 4.79 Å². The van der Waals surface area contributed by atoms with E-state index in [0.29, 0.717) is 12.1 Å². The molecule has 0 aliphatic rings. The molecule has 0 aliphatic heterocycles. The van der Waals surface area contributed by atoms with E-state index in [-0.39, 0.29) is 5.91 Å². The fourth-order valence-corrected chi connectivity index (χ4v) is 1.92. The molecule has 20 heavy (non-hydrogen) atoms. The van der Waals surface area contributed by atoms with Crippen molar-refractivity contribution < 1.29 is 4.79 Å². The quantitative estimate of drug-likeness (QED) is 0.904. The number of carbonyl (C=O) groups excluding carboxylic acids is 1. The van der Waals surface area contributed by atoms with Gasteiger partial charge in [-0.25, -0.2) is 0 Å². The standard InChI is InChI=1S/C15H18N4O/c1-3-17-14-7-9-16-10-13(14)15(20)19(2)11-12-6-4-5-8-18-12/h4-10H,3,11H2,1-2H3,(H,16,17). The predicted molar refractivity (Wildman–Crippen MR) is 78.4 cm³/mol. The first-order chi connectivity index (χ1) is 9.72. The van der Waals surface area contributed by atoms with Crippen molar-refractivity contribution in [3.05, 3.63) is 54.1 Å². The second-order valence-corrected chi connectivity index (χ2v) is 4.43. The van der Waals surface area contributed by atoms with Crippen molar-refractivity contribution in [2.45, 2.75) is 13.5 Å². The van der Waals surface area contributed by atoms with Crippen molar-refractivity contribution in [2.24, 2.45) is 0 Å². The molecular weight excluding hydrogens is 252 g/mol. The summed E-state index contributed by atoms with van der Waals surface area (Å²) in [5, 5.41) is 3.17. The summed E-state index contributed by atoms with van der Waals surface area (Å²) in [6, 6.07) is 7.48. The van der Waals surface area contributed by atoms with Gasteiger partial charge in [-0.05, 0) is 25.1 Å². The number of nitrogens with one attached hydrogen (secondary N) is 1. The third kappa shape index (κ3) is 3.32. The van der Waals surface area contributed by atoms with Crippen molar-refractivity contribution in [2.75, 3.05) is 18.9 Å². The van der Waals surface area contributed by atoms with Gasteiger partial charge in [0.1, 0.15) is 0 Å². The summed E-state index contributed by atoms with van der Waals surface area (Å²) in [5.41, 5.74) is 2.24. The van der Waals surface area contributed by atoms with Crippen LogP contribution >= 0.6 is 0 Å². The third-order valence-corrected chi connectivity index (χ3v) is 2.89. The van der Waals surface area contributed by atoms with Crippen LogP contribution < -0.4 is 5.32 Å². The summed E-state index contributed by atoms with van der Waals surface area (Å²) in [6.45, 7) is 3.22. The zero-order chi connectivity index (χ0) is 14.4. The molecule has 0 saturated heterocycles. The lowest BCUT2D eigenvalue weighted by molar-refractivity contribution is 0.0784. The van der Waals surface area contributed by atoms with Gasteiger partial charge in [0.2, 0.25) is 0 Å². The summed E-state index contributed by atoms with van der Waals surface area (Å²) < 4.78 is 0. The minimum absolute atomic E-state index is 0.0697. The lowest BCUT2D eigenvalue weighted by Crippen LogP contribution is -2.27. The molecule has 5 heteroatoms. The molecule has 104 valence electrons. The topological polar surface area (TPSA) is 58.1 Å². The number of hydrogen-bond donors (Lipinski definition) is 1. The molecule has 2 aromatic heterocycles. The van der Waals surface area contributed by atoms with Crippen LogP contribution in [0.2, 0.25) is 0 Å². The molecule has 0 aromatic carbocycles. The summed E-state index contributed by atoms with van der Waals surface area (Å²) in [4.78, 5) is 22.4. The third-order valence-electron chi connectivity index (χ3n) is 2.89. The van der Waals surface area contributed by atoms with Crippen LogP contribution in [0, 0.1) is 0 Å². The molecular formula is C15H18N4O. The smallest absolute Gasteiger partial charge is 0.257 e. The van der Waals surface area contributed by atoms with E-state index in [0.717, 1.165) is 17.9 Å². The van der Waals surface area contributed by atoms with Gasteiger partial charge in [0, 0.05) is 32.2 Å². The number of anilines is 1. The maximum absolute atomic E-state index is 12.5. The summed E-state index contributed by atoms with van der Waals surface area (Å²) in [6.07, 6.45) is 4.99. The SMILES string of the molecule is CCNc1ccncc1C(=O)N(C)Cc1ccccn1. The summed E-state index contributed by atoms with van der Waals surface area (Å²) in [5.74, 6) is -0.0697. The Labute approximate surface area is 118 Å². The number of rotatable bonds is 5. The Morgan fingerprint density at radius 3 is 2.85 bits per heavy atom. The fourth-order valence-electron chi connectivity index (χ4n) is 1.92. The van der Waals surface area contributed by atoms with Crippen LogP contribution in [0.15, 0.2) is 42.9 Å². The van der Waals surface area contributed by atoms with Crippen LogP contribution in [0.25, 0.3) is 0 Å². The minimum atomic E-state index is -0.0697. The average Bonchev–Trinajstić information content (AvgIpc) is 2.48. The number of hydrogen-bond acceptors (Lipinski definition) is 4. The van der Waals surface area contributed by atoms with Crippen LogP contribution in [-0.4, -0.2) is 34.4 Å². The van der Waals surface area contributed by atoms with E-state index in [1.54, 1.807) is 30.5 Å². The number of pyridine rings is 2. The number of amides is 1.